The molecule has 1 aromatic carbocycles. The molecule has 2 rings (SSSR count). The van der Waals surface area contributed by atoms with E-state index in [1.165, 1.54) is 19.1 Å². The van der Waals surface area contributed by atoms with Gasteiger partial charge in [0, 0.05) is 5.69 Å². The maximum absolute atomic E-state index is 13.2. The van der Waals surface area contributed by atoms with Gasteiger partial charge in [0.25, 0.3) is 15.6 Å². The Labute approximate surface area is 118 Å². The Hall–Kier alpha value is -2.42. The molecule has 0 bridgehead atoms. The Morgan fingerprint density at radius 1 is 1.14 bits per heavy atom. The zero-order valence-corrected chi connectivity index (χ0v) is 12.0. The standard InChI is InChI=1S/C12H12FN3O4S/c1-6-3-4-8(13)5-9(6)16-21(19,20)10-7(2)14-12(18)15-11(10)17/h3-5,16H,1-2H3,(H2,14,15,17,18). The molecule has 0 unspecified atom stereocenters. The molecule has 0 amide bonds. The first-order valence-corrected chi connectivity index (χ1v) is 7.31. The van der Waals surface area contributed by atoms with Crippen molar-refractivity contribution in [1.82, 2.24) is 9.97 Å². The zero-order valence-electron chi connectivity index (χ0n) is 11.2. The molecule has 0 saturated heterocycles. The van der Waals surface area contributed by atoms with Gasteiger partial charge in [-0.05, 0) is 31.5 Å². The highest BCUT2D eigenvalue weighted by molar-refractivity contribution is 7.92. The van der Waals surface area contributed by atoms with Gasteiger partial charge in [-0.2, -0.15) is 0 Å². The van der Waals surface area contributed by atoms with Gasteiger partial charge in [0.2, 0.25) is 0 Å². The SMILES string of the molecule is Cc1ccc(F)cc1NS(=O)(=O)c1c(C)[nH]c(=O)[nH]c1=O. The number of benzene rings is 1. The predicted octanol–water partition coefficient (Wildman–Crippen LogP) is 0.620. The van der Waals surface area contributed by atoms with Crippen molar-refractivity contribution in [2.75, 3.05) is 4.72 Å². The van der Waals surface area contributed by atoms with Crippen molar-refractivity contribution in [3.8, 4) is 0 Å². The molecule has 0 saturated carbocycles. The summed E-state index contributed by atoms with van der Waals surface area (Å²) in [5.41, 5.74) is -1.46. The number of nitrogens with one attached hydrogen (secondary N) is 3. The highest BCUT2D eigenvalue weighted by Gasteiger charge is 2.23. The van der Waals surface area contributed by atoms with E-state index in [2.05, 4.69) is 9.71 Å². The molecule has 0 atom stereocenters. The van der Waals surface area contributed by atoms with E-state index in [-0.39, 0.29) is 11.4 Å². The summed E-state index contributed by atoms with van der Waals surface area (Å²) < 4.78 is 39.8. The number of rotatable bonds is 3. The zero-order chi connectivity index (χ0) is 15.8. The van der Waals surface area contributed by atoms with Crippen molar-refractivity contribution in [2.45, 2.75) is 18.7 Å². The Bertz CT molecular complexity index is 915. The average molecular weight is 313 g/mol. The highest BCUT2D eigenvalue weighted by Crippen LogP contribution is 2.19. The molecule has 112 valence electrons. The number of aryl methyl sites for hydroxylation is 2. The number of hydrogen-bond acceptors (Lipinski definition) is 4. The summed E-state index contributed by atoms with van der Waals surface area (Å²) in [5, 5.41) is 0. The second kappa shape index (κ2) is 5.17. The molecule has 0 aliphatic heterocycles. The molecule has 0 spiro atoms. The number of sulfonamides is 1. The molecule has 3 N–H and O–H groups in total. The molecular weight excluding hydrogens is 301 g/mol. The molecule has 0 radical (unpaired) electrons. The lowest BCUT2D eigenvalue weighted by atomic mass is 10.2. The summed E-state index contributed by atoms with van der Waals surface area (Å²) in [7, 11) is -4.26. The fourth-order valence-corrected chi connectivity index (χ4v) is 3.17. The van der Waals surface area contributed by atoms with E-state index in [1.807, 2.05) is 4.98 Å². The van der Waals surface area contributed by atoms with Crippen molar-refractivity contribution in [2.24, 2.45) is 0 Å². The molecule has 21 heavy (non-hydrogen) atoms. The van der Waals surface area contributed by atoms with Gasteiger partial charge in [-0.1, -0.05) is 6.07 Å². The number of anilines is 1. The first-order chi connectivity index (χ1) is 9.70. The van der Waals surface area contributed by atoms with Crippen molar-refractivity contribution in [1.29, 1.82) is 0 Å². The minimum atomic E-state index is -4.26. The minimum absolute atomic E-state index is 0.0139. The first kappa shape index (κ1) is 15.0. The molecule has 0 fully saturated rings. The maximum atomic E-state index is 13.2. The lowest BCUT2D eigenvalue weighted by Crippen LogP contribution is -2.31. The van der Waals surface area contributed by atoms with Gasteiger partial charge in [0.05, 0.1) is 5.69 Å². The van der Waals surface area contributed by atoms with E-state index in [1.54, 1.807) is 6.92 Å². The third-order valence-corrected chi connectivity index (χ3v) is 4.31. The monoisotopic (exact) mass is 313 g/mol. The molecule has 9 heteroatoms. The van der Waals surface area contributed by atoms with Gasteiger partial charge in [0.15, 0.2) is 4.90 Å². The van der Waals surface area contributed by atoms with Crippen LogP contribution < -0.4 is 16.0 Å². The van der Waals surface area contributed by atoms with Gasteiger partial charge in [-0.15, -0.1) is 0 Å². The number of H-pyrrole nitrogens is 2. The quantitative estimate of drug-likeness (QED) is 0.771. The Balaban J connectivity index is 2.56. The molecule has 1 aromatic heterocycles. The largest absolute Gasteiger partial charge is 0.325 e. The van der Waals surface area contributed by atoms with Crippen LogP contribution in [0.15, 0.2) is 32.7 Å². The summed E-state index contributed by atoms with van der Waals surface area (Å²) in [4.78, 5) is 26.2. The Kier molecular flexibility index (Phi) is 3.69. The molecule has 0 aliphatic carbocycles. The normalized spacial score (nSPS) is 11.4. The number of halogens is 1. The fraction of sp³-hybridized carbons (Fsp3) is 0.167. The third-order valence-electron chi connectivity index (χ3n) is 2.79. The Morgan fingerprint density at radius 3 is 2.43 bits per heavy atom. The van der Waals surface area contributed by atoms with E-state index >= 15 is 0 Å². The average Bonchev–Trinajstić information content (AvgIpc) is 2.31. The number of aromatic nitrogens is 2. The Morgan fingerprint density at radius 2 is 1.81 bits per heavy atom. The second-order valence-corrected chi connectivity index (χ2v) is 6.05. The van der Waals surface area contributed by atoms with Crippen LogP contribution in [0.25, 0.3) is 0 Å². The van der Waals surface area contributed by atoms with E-state index < -0.39 is 32.0 Å². The van der Waals surface area contributed by atoms with Gasteiger partial charge in [-0.25, -0.2) is 17.6 Å². The van der Waals surface area contributed by atoms with E-state index in [0.717, 1.165) is 6.07 Å². The predicted molar refractivity (Wildman–Crippen MR) is 74.4 cm³/mol. The van der Waals surface area contributed by atoms with Gasteiger partial charge in [-0.3, -0.25) is 14.5 Å². The van der Waals surface area contributed by atoms with Crippen molar-refractivity contribution >= 4 is 15.7 Å². The van der Waals surface area contributed by atoms with E-state index in [9.17, 15) is 22.4 Å². The van der Waals surface area contributed by atoms with Crippen molar-refractivity contribution in [3.63, 3.8) is 0 Å². The van der Waals surface area contributed by atoms with Gasteiger partial charge >= 0.3 is 5.69 Å². The van der Waals surface area contributed by atoms with Gasteiger partial charge < -0.3 is 4.98 Å². The first-order valence-electron chi connectivity index (χ1n) is 5.83. The van der Waals surface area contributed by atoms with Crippen LogP contribution in [0, 0.1) is 19.7 Å². The lowest BCUT2D eigenvalue weighted by molar-refractivity contribution is 0.597. The van der Waals surface area contributed by atoms with Crippen molar-refractivity contribution < 1.29 is 12.8 Å². The third kappa shape index (κ3) is 3.02. The van der Waals surface area contributed by atoms with Crippen LogP contribution in [0.4, 0.5) is 10.1 Å². The van der Waals surface area contributed by atoms with Gasteiger partial charge in [0.1, 0.15) is 5.82 Å². The topological polar surface area (TPSA) is 112 Å². The number of aromatic amines is 2. The maximum Gasteiger partial charge on any atom is 0.325 e. The van der Waals surface area contributed by atoms with Crippen LogP contribution in [0.5, 0.6) is 0 Å². The summed E-state index contributed by atoms with van der Waals surface area (Å²) in [6.07, 6.45) is 0. The van der Waals surface area contributed by atoms with E-state index in [4.69, 9.17) is 0 Å². The molecule has 2 aromatic rings. The summed E-state index contributed by atoms with van der Waals surface area (Å²) in [5.74, 6) is -0.620. The highest BCUT2D eigenvalue weighted by atomic mass is 32.2. The van der Waals surface area contributed by atoms with Crippen molar-refractivity contribution in [3.05, 3.63) is 56.1 Å². The van der Waals surface area contributed by atoms with Crippen LogP contribution in [-0.4, -0.2) is 18.4 Å². The smallest absolute Gasteiger partial charge is 0.310 e. The van der Waals surface area contributed by atoms with Crippen LogP contribution in [0.3, 0.4) is 0 Å². The molecule has 7 nitrogen and oxygen atoms in total. The molecule has 0 aliphatic rings. The second-order valence-electron chi connectivity index (χ2n) is 4.43. The van der Waals surface area contributed by atoms with Crippen LogP contribution in [0.1, 0.15) is 11.3 Å². The van der Waals surface area contributed by atoms with Crippen LogP contribution >= 0.6 is 0 Å². The minimum Gasteiger partial charge on any atom is -0.310 e. The summed E-state index contributed by atoms with van der Waals surface area (Å²) in [6, 6.07) is 3.59. The van der Waals surface area contributed by atoms with E-state index in [0.29, 0.717) is 5.56 Å². The summed E-state index contributed by atoms with van der Waals surface area (Å²) >= 11 is 0. The van der Waals surface area contributed by atoms with Crippen LogP contribution in [-0.2, 0) is 10.0 Å². The molecular formula is C12H12FN3O4S. The fourth-order valence-electron chi connectivity index (χ4n) is 1.81. The molecule has 1 heterocycles. The summed E-state index contributed by atoms with van der Waals surface area (Å²) in [6.45, 7) is 2.87. The number of hydrogen-bond donors (Lipinski definition) is 3. The lowest BCUT2D eigenvalue weighted by Gasteiger charge is -2.11. The van der Waals surface area contributed by atoms with Crippen LogP contribution in [0.2, 0.25) is 0 Å².